The average Bonchev–Trinajstić information content (AvgIpc) is 3.26. The molecule has 1 aliphatic heterocycles. The largest absolute Gasteiger partial charge is 0.497 e. The van der Waals surface area contributed by atoms with E-state index >= 15 is 0 Å². The third-order valence-corrected chi connectivity index (χ3v) is 4.71. The third-order valence-electron chi connectivity index (χ3n) is 4.71. The van der Waals surface area contributed by atoms with Crippen LogP contribution in [0.15, 0.2) is 41.3 Å². The maximum Gasteiger partial charge on any atom is 0.272 e. The first-order valence-electron chi connectivity index (χ1n) is 8.33. The van der Waals surface area contributed by atoms with Crippen LogP contribution >= 0.6 is 0 Å². The number of benzene rings is 1. The van der Waals surface area contributed by atoms with Gasteiger partial charge in [0.25, 0.3) is 11.5 Å². The van der Waals surface area contributed by atoms with Crippen LogP contribution in [0.4, 0.5) is 5.69 Å². The maximum atomic E-state index is 12.5. The van der Waals surface area contributed by atoms with Gasteiger partial charge < -0.3 is 15.4 Å². The summed E-state index contributed by atoms with van der Waals surface area (Å²) in [5, 5.41) is 2.66. The maximum absolute atomic E-state index is 12.5. The first-order valence-corrected chi connectivity index (χ1v) is 8.33. The summed E-state index contributed by atoms with van der Waals surface area (Å²) >= 11 is 0. The number of hydrogen-bond donors (Lipinski definition) is 2. The van der Waals surface area contributed by atoms with Gasteiger partial charge in [-0.2, -0.15) is 0 Å². The number of primary amides is 1. The van der Waals surface area contributed by atoms with Crippen LogP contribution < -0.4 is 20.9 Å². The molecule has 3 aromatic rings. The Morgan fingerprint density at radius 2 is 2.04 bits per heavy atom. The van der Waals surface area contributed by atoms with Crippen LogP contribution in [0.1, 0.15) is 28.4 Å². The number of aromatic amines is 1. The Morgan fingerprint density at radius 1 is 1.30 bits per heavy atom. The smallest absolute Gasteiger partial charge is 0.272 e. The van der Waals surface area contributed by atoms with Crippen LogP contribution in [0.3, 0.4) is 0 Å². The summed E-state index contributed by atoms with van der Waals surface area (Å²) in [5.41, 5.74) is 6.48. The van der Waals surface area contributed by atoms with Gasteiger partial charge in [-0.3, -0.25) is 19.5 Å². The van der Waals surface area contributed by atoms with E-state index in [1.807, 2.05) is 12.1 Å². The van der Waals surface area contributed by atoms with Gasteiger partial charge in [0.05, 0.1) is 12.8 Å². The van der Waals surface area contributed by atoms with E-state index < -0.39 is 5.91 Å². The predicted molar refractivity (Wildman–Crippen MR) is 97.0 cm³/mol. The fourth-order valence-electron chi connectivity index (χ4n) is 3.31. The van der Waals surface area contributed by atoms with Crippen molar-refractivity contribution >= 4 is 23.1 Å². The first-order chi connectivity index (χ1) is 13.0. The number of anilines is 1. The Balaban J connectivity index is 1.68. The van der Waals surface area contributed by atoms with Crippen molar-refractivity contribution in [3.63, 3.8) is 0 Å². The summed E-state index contributed by atoms with van der Waals surface area (Å²) in [5.74, 6) is -0.294. The molecule has 27 heavy (non-hydrogen) atoms. The topological polar surface area (TPSA) is 123 Å². The van der Waals surface area contributed by atoms with E-state index in [0.29, 0.717) is 18.0 Å². The van der Waals surface area contributed by atoms with E-state index in [0.717, 1.165) is 10.2 Å². The zero-order valence-corrected chi connectivity index (χ0v) is 14.5. The minimum Gasteiger partial charge on any atom is -0.497 e. The van der Waals surface area contributed by atoms with Gasteiger partial charge in [0.1, 0.15) is 11.3 Å². The molecule has 4 rings (SSSR count). The third kappa shape index (κ3) is 2.82. The zero-order valence-electron chi connectivity index (χ0n) is 14.5. The van der Waals surface area contributed by atoms with Gasteiger partial charge in [0.2, 0.25) is 5.91 Å². The molecule has 0 aliphatic carbocycles. The molecule has 9 heteroatoms. The molecular weight excluding hydrogens is 350 g/mol. The van der Waals surface area contributed by atoms with Crippen molar-refractivity contribution in [3.8, 4) is 5.75 Å². The molecule has 1 fully saturated rings. The van der Waals surface area contributed by atoms with E-state index in [4.69, 9.17) is 10.5 Å². The minimum atomic E-state index is -0.680. The summed E-state index contributed by atoms with van der Waals surface area (Å²) < 4.78 is 6.29. The van der Waals surface area contributed by atoms with Gasteiger partial charge in [0, 0.05) is 36.8 Å². The Bertz CT molecular complexity index is 1100. The number of nitrogens with one attached hydrogen (secondary N) is 1. The number of H-pyrrole nitrogens is 1. The Labute approximate surface area is 153 Å². The van der Waals surface area contributed by atoms with Crippen molar-refractivity contribution in [3.05, 3.63) is 58.1 Å². The van der Waals surface area contributed by atoms with E-state index in [1.54, 1.807) is 24.1 Å². The number of nitrogens with zero attached hydrogens (tertiary/aromatic N) is 3. The number of hydrogen-bond acceptors (Lipinski definition) is 5. The van der Waals surface area contributed by atoms with Crippen LogP contribution in [0, 0.1) is 0 Å². The van der Waals surface area contributed by atoms with E-state index in [9.17, 15) is 14.4 Å². The quantitative estimate of drug-likeness (QED) is 0.701. The van der Waals surface area contributed by atoms with Crippen LogP contribution in [-0.2, 0) is 4.79 Å². The molecule has 0 spiro atoms. The number of carbonyl (C=O) groups is 2. The lowest BCUT2D eigenvalue weighted by Gasteiger charge is -2.17. The lowest BCUT2D eigenvalue weighted by Crippen LogP contribution is -2.24. The minimum absolute atomic E-state index is 0.0589. The Kier molecular flexibility index (Phi) is 3.91. The second kappa shape index (κ2) is 6.27. The Hall–Kier alpha value is -3.62. The fourth-order valence-corrected chi connectivity index (χ4v) is 3.31. The zero-order chi connectivity index (χ0) is 19.1. The predicted octanol–water partition coefficient (Wildman–Crippen LogP) is 0.651. The number of ether oxygens (including phenoxy) is 1. The molecule has 1 saturated heterocycles. The normalized spacial score (nSPS) is 16.9. The van der Waals surface area contributed by atoms with E-state index in [-0.39, 0.29) is 35.0 Å². The SMILES string of the molecule is COc1ccc(N2C[C@H](c3cc(=O)n4[nH]cc(C(N)=O)c4n3)CC2=O)cc1. The first kappa shape index (κ1) is 16.8. The molecule has 0 bridgehead atoms. The van der Waals surface area contributed by atoms with Gasteiger partial charge in [0.15, 0.2) is 5.65 Å². The summed E-state index contributed by atoms with van der Waals surface area (Å²) in [7, 11) is 1.58. The highest BCUT2D eigenvalue weighted by Crippen LogP contribution is 2.31. The van der Waals surface area contributed by atoms with Gasteiger partial charge in [-0.15, -0.1) is 0 Å². The molecule has 2 aromatic heterocycles. The van der Waals surface area contributed by atoms with Crippen molar-refractivity contribution in [2.45, 2.75) is 12.3 Å². The van der Waals surface area contributed by atoms with Gasteiger partial charge >= 0.3 is 0 Å². The van der Waals surface area contributed by atoms with E-state index in [1.165, 1.54) is 12.3 Å². The molecule has 0 unspecified atom stereocenters. The van der Waals surface area contributed by atoms with Crippen LogP contribution in [-0.4, -0.2) is 40.1 Å². The van der Waals surface area contributed by atoms with Crippen molar-refractivity contribution in [2.24, 2.45) is 5.73 Å². The molecule has 0 saturated carbocycles. The van der Waals surface area contributed by atoms with Crippen LogP contribution in [0.25, 0.3) is 5.65 Å². The van der Waals surface area contributed by atoms with Gasteiger partial charge in [-0.25, -0.2) is 9.50 Å². The summed E-state index contributed by atoms with van der Waals surface area (Å²) in [6, 6.07) is 8.56. The monoisotopic (exact) mass is 367 g/mol. The number of amides is 2. The Morgan fingerprint density at radius 3 is 2.70 bits per heavy atom. The molecule has 1 atom stereocenters. The number of rotatable bonds is 4. The van der Waals surface area contributed by atoms with E-state index in [2.05, 4.69) is 10.1 Å². The lowest BCUT2D eigenvalue weighted by molar-refractivity contribution is -0.117. The van der Waals surface area contributed by atoms with Gasteiger partial charge in [-0.1, -0.05) is 0 Å². The molecule has 0 radical (unpaired) electrons. The standard InChI is InChI=1S/C18H17N5O4/c1-27-12-4-2-11(3-5-12)22-9-10(6-15(22)24)14-7-16(25)23-18(21-14)13(8-20-23)17(19)26/h2-5,7-8,10,20H,6,9H2,1H3,(H2,19,26)/t10-/m1/s1. The van der Waals surface area contributed by atoms with Gasteiger partial charge in [-0.05, 0) is 24.3 Å². The molecule has 2 amide bonds. The second-order valence-electron chi connectivity index (χ2n) is 6.33. The summed E-state index contributed by atoms with van der Waals surface area (Å²) in [6.07, 6.45) is 1.57. The molecule has 1 aromatic carbocycles. The number of methoxy groups -OCH3 is 1. The summed E-state index contributed by atoms with van der Waals surface area (Å²) in [6.45, 7) is 0.393. The molecule has 1 aliphatic rings. The number of carbonyl (C=O) groups excluding carboxylic acids is 2. The van der Waals surface area contributed by atoms with Crippen molar-refractivity contribution in [1.29, 1.82) is 0 Å². The average molecular weight is 367 g/mol. The lowest BCUT2D eigenvalue weighted by atomic mass is 10.0. The highest BCUT2D eigenvalue weighted by atomic mass is 16.5. The summed E-state index contributed by atoms with van der Waals surface area (Å²) in [4.78, 5) is 42.4. The molecule has 3 heterocycles. The number of aromatic nitrogens is 3. The van der Waals surface area contributed by atoms with Crippen molar-refractivity contribution in [1.82, 2.24) is 14.6 Å². The molecule has 3 N–H and O–H groups in total. The molecular formula is C18H17N5O4. The second-order valence-corrected chi connectivity index (χ2v) is 6.33. The molecule has 9 nitrogen and oxygen atoms in total. The van der Waals surface area contributed by atoms with Crippen LogP contribution in [0.2, 0.25) is 0 Å². The number of fused-ring (bicyclic) bond motifs is 1. The fraction of sp³-hybridized carbons (Fsp3) is 0.222. The van der Waals surface area contributed by atoms with Crippen molar-refractivity contribution in [2.75, 3.05) is 18.6 Å². The number of nitrogens with two attached hydrogens (primary N) is 1. The van der Waals surface area contributed by atoms with Crippen molar-refractivity contribution < 1.29 is 14.3 Å². The molecule has 138 valence electrons. The van der Waals surface area contributed by atoms with Crippen LogP contribution in [0.5, 0.6) is 5.75 Å². The highest BCUT2D eigenvalue weighted by molar-refractivity contribution is 5.98. The highest BCUT2D eigenvalue weighted by Gasteiger charge is 2.33.